The Labute approximate surface area is 179 Å². The van der Waals surface area contributed by atoms with Crippen molar-refractivity contribution in [2.75, 3.05) is 12.0 Å². The summed E-state index contributed by atoms with van der Waals surface area (Å²) in [5, 5.41) is 0. The van der Waals surface area contributed by atoms with E-state index >= 15 is 0 Å². The van der Waals surface area contributed by atoms with Crippen molar-refractivity contribution >= 4 is 28.9 Å². The van der Waals surface area contributed by atoms with Crippen LogP contribution in [0.25, 0.3) is 22.6 Å². The van der Waals surface area contributed by atoms with Gasteiger partial charge >= 0.3 is 6.18 Å². The average Bonchev–Trinajstić information content (AvgIpc) is 3.01. The van der Waals surface area contributed by atoms with Gasteiger partial charge in [0.05, 0.1) is 43.5 Å². The SMILES string of the molecule is CCS(=O)(=O)c1cc(OC[Si](C)(C)C)cnc1-c1nc2cc(C(F)(F)F)ncc2n1C. The van der Waals surface area contributed by atoms with E-state index in [2.05, 4.69) is 34.6 Å². The average molecular weight is 473 g/mol. The number of aromatic nitrogens is 4. The second kappa shape index (κ2) is 7.90. The van der Waals surface area contributed by atoms with Gasteiger partial charge in [-0.25, -0.2) is 23.4 Å². The number of hydrogen-bond acceptors (Lipinski definition) is 6. The highest BCUT2D eigenvalue weighted by molar-refractivity contribution is 7.91. The van der Waals surface area contributed by atoms with Gasteiger partial charge in [-0.15, -0.1) is 0 Å². The number of halogens is 3. The molecular formula is C19H23F3N4O3SSi. The van der Waals surface area contributed by atoms with Gasteiger partial charge in [-0.1, -0.05) is 26.6 Å². The van der Waals surface area contributed by atoms with E-state index in [1.807, 2.05) is 0 Å². The molecule has 3 aromatic heterocycles. The maximum atomic E-state index is 13.0. The van der Waals surface area contributed by atoms with Crippen molar-refractivity contribution < 1.29 is 26.3 Å². The van der Waals surface area contributed by atoms with Crippen molar-refractivity contribution in [2.45, 2.75) is 37.6 Å². The van der Waals surface area contributed by atoms with Crippen LogP contribution in [-0.4, -0.2) is 48.0 Å². The third kappa shape index (κ3) is 4.90. The van der Waals surface area contributed by atoms with E-state index < -0.39 is 29.8 Å². The van der Waals surface area contributed by atoms with Crippen LogP contribution in [0.15, 0.2) is 29.4 Å². The van der Waals surface area contributed by atoms with E-state index in [9.17, 15) is 21.6 Å². The molecule has 0 aliphatic heterocycles. The van der Waals surface area contributed by atoms with Crippen molar-refractivity contribution in [2.24, 2.45) is 7.05 Å². The third-order valence-electron chi connectivity index (χ3n) is 4.48. The summed E-state index contributed by atoms with van der Waals surface area (Å²) in [4.78, 5) is 11.9. The molecule has 0 atom stereocenters. The zero-order chi connectivity index (χ0) is 23.2. The lowest BCUT2D eigenvalue weighted by Crippen LogP contribution is -2.30. The molecule has 0 aliphatic rings. The van der Waals surface area contributed by atoms with Crippen LogP contribution >= 0.6 is 0 Å². The normalized spacial score (nSPS) is 13.0. The molecule has 0 aromatic carbocycles. The van der Waals surface area contributed by atoms with Crippen molar-refractivity contribution in [1.29, 1.82) is 0 Å². The summed E-state index contributed by atoms with van der Waals surface area (Å²) in [6, 6.07) is 2.23. The van der Waals surface area contributed by atoms with Gasteiger partial charge < -0.3 is 9.30 Å². The monoisotopic (exact) mass is 472 g/mol. The molecule has 31 heavy (non-hydrogen) atoms. The molecule has 0 aliphatic carbocycles. The highest BCUT2D eigenvalue weighted by Crippen LogP contribution is 2.33. The van der Waals surface area contributed by atoms with E-state index in [-0.39, 0.29) is 27.7 Å². The fraction of sp³-hybridized carbons (Fsp3) is 0.421. The molecule has 168 valence electrons. The highest BCUT2D eigenvalue weighted by Gasteiger charge is 2.33. The van der Waals surface area contributed by atoms with E-state index in [4.69, 9.17) is 4.74 Å². The zero-order valence-electron chi connectivity index (χ0n) is 17.8. The minimum Gasteiger partial charge on any atom is -0.496 e. The molecule has 0 N–H and O–H groups in total. The molecular weight excluding hydrogens is 449 g/mol. The van der Waals surface area contributed by atoms with Gasteiger partial charge in [0, 0.05) is 13.1 Å². The van der Waals surface area contributed by atoms with Crippen LogP contribution in [0.5, 0.6) is 5.75 Å². The van der Waals surface area contributed by atoms with Crippen LogP contribution in [0.1, 0.15) is 12.6 Å². The lowest BCUT2D eigenvalue weighted by Gasteiger charge is -2.17. The molecule has 12 heteroatoms. The maximum absolute atomic E-state index is 13.0. The largest absolute Gasteiger partial charge is 0.496 e. The molecule has 3 rings (SSSR count). The van der Waals surface area contributed by atoms with Crippen LogP contribution in [-0.2, 0) is 23.1 Å². The maximum Gasteiger partial charge on any atom is 0.433 e. The van der Waals surface area contributed by atoms with Crippen molar-refractivity contribution in [3.05, 3.63) is 30.2 Å². The van der Waals surface area contributed by atoms with Gasteiger partial charge in [0.15, 0.2) is 15.7 Å². The van der Waals surface area contributed by atoms with Gasteiger partial charge in [-0.3, -0.25) is 0 Å². The van der Waals surface area contributed by atoms with Crippen LogP contribution in [0.4, 0.5) is 13.2 Å². The van der Waals surface area contributed by atoms with Gasteiger partial charge in [0.1, 0.15) is 22.0 Å². The Morgan fingerprint density at radius 2 is 1.81 bits per heavy atom. The molecule has 7 nitrogen and oxygen atoms in total. The Bertz CT molecular complexity index is 1230. The molecule has 0 saturated carbocycles. The molecule has 3 heterocycles. The number of imidazole rings is 1. The molecule has 0 fully saturated rings. The summed E-state index contributed by atoms with van der Waals surface area (Å²) in [6.45, 7) is 7.84. The van der Waals surface area contributed by atoms with Gasteiger partial charge in [0.25, 0.3) is 0 Å². The highest BCUT2D eigenvalue weighted by atomic mass is 32.2. The Balaban J connectivity index is 2.17. The first-order valence-corrected chi connectivity index (χ1v) is 14.8. The summed E-state index contributed by atoms with van der Waals surface area (Å²) in [7, 11) is -3.71. The van der Waals surface area contributed by atoms with Crippen LogP contribution in [0.3, 0.4) is 0 Å². The minimum atomic E-state index is -4.61. The van der Waals surface area contributed by atoms with Gasteiger partial charge in [-0.2, -0.15) is 13.2 Å². The number of sulfone groups is 1. The number of nitrogens with zero attached hydrogens (tertiary/aromatic N) is 4. The smallest absolute Gasteiger partial charge is 0.433 e. The summed E-state index contributed by atoms with van der Waals surface area (Å²) in [6.07, 6.45) is -1.66. The number of rotatable bonds is 6. The standard InChI is InChI=1S/C19H23F3N4O3SSi/c1-6-30(27,28)15-7-12(29-11-31(3,4)5)9-24-17(15)18-25-13-8-16(19(20,21)22)23-10-14(13)26(18)2/h7-10H,6,11H2,1-5H3. The predicted molar refractivity (Wildman–Crippen MR) is 113 cm³/mol. The Kier molecular flexibility index (Phi) is 5.91. The zero-order valence-corrected chi connectivity index (χ0v) is 19.6. The van der Waals surface area contributed by atoms with Crippen molar-refractivity contribution in [3.63, 3.8) is 0 Å². The molecule has 0 saturated heterocycles. The second-order valence-electron chi connectivity index (χ2n) is 8.32. The summed E-state index contributed by atoms with van der Waals surface area (Å²) in [5.41, 5.74) is -0.659. The summed E-state index contributed by atoms with van der Waals surface area (Å²) >= 11 is 0. The first-order valence-electron chi connectivity index (χ1n) is 9.48. The third-order valence-corrected chi connectivity index (χ3v) is 7.24. The lowest BCUT2D eigenvalue weighted by atomic mass is 10.3. The summed E-state index contributed by atoms with van der Waals surface area (Å²) < 4.78 is 71.8. The van der Waals surface area contributed by atoms with Crippen molar-refractivity contribution in [1.82, 2.24) is 19.5 Å². The molecule has 3 aromatic rings. The van der Waals surface area contributed by atoms with Crippen LogP contribution < -0.4 is 4.74 Å². The Morgan fingerprint density at radius 3 is 2.39 bits per heavy atom. The van der Waals surface area contributed by atoms with E-state index in [0.717, 1.165) is 12.3 Å². The van der Waals surface area contributed by atoms with Crippen molar-refractivity contribution in [3.8, 4) is 17.3 Å². The fourth-order valence-electron chi connectivity index (χ4n) is 2.82. The topological polar surface area (TPSA) is 87.0 Å². The number of alkyl halides is 3. The number of fused-ring (bicyclic) bond motifs is 1. The van der Waals surface area contributed by atoms with E-state index in [1.54, 1.807) is 7.05 Å². The Morgan fingerprint density at radius 1 is 1.13 bits per heavy atom. The Hall–Kier alpha value is -2.47. The number of ether oxygens (including phenoxy) is 1. The first-order chi connectivity index (χ1) is 14.2. The number of aryl methyl sites for hydroxylation is 1. The quantitative estimate of drug-likeness (QED) is 0.502. The summed E-state index contributed by atoms with van der Waals surface area (Å²) in [5.74, 6) is 0.265. The molecule has 0 radical (unpaired) electrons. The van der Waals surface area contributed by atoms with E-state index in [1.165, 1.54) is 23.8 Å². The van der Waals surface area contributed by atoms with Crippen LogP contribution in [0, 0.1) is 0 Å². The molecule has 0 unspecified atom stereocenters. The van der Waals surface area contributed by atoms with Gasteiger partial charge in [-0.05, 0) is 6.07 Å². The number of hydrogen-bond donors (Lipinski definition) is 0. The predicted octanol–water partition coefficient (Wildman–Crippen LogP) is 4.10. The number of pyridine rings is 2. The first kappa shape index (κ1) is 23.2. The molecule has 0 spiro atoms. The molecule has 0 amide bonds. The van der Waals surface area contributed by atoms with Crippen LogP contribution in [0.2, 0.25) is 19.6 Å². The minimum absolute atomic E-state index is 0.0422. The van der Waals surface area contributed by atoms with Gasteiger partial charge in [0.2, 0.25) is 0 Å². The fourth-order valence-corrected chi connectivity index (χ4v) is 4.47. The lowest BCUT2D eigenvalue weighted by molar-refractivity contribution is -0.141. The molecule has 0 bridgehead atoms. The second-order valence-corrected chi connectivity index (χ2v) is 16.0. The van der Waals surface area contributed by atoms with E-state index in [0.29, 0.717) is 17.5 Å².